The Morgan fingerprint density at radius 3 is 2.32 bits per heavy atom. The lowest BCUT2D eigenvalue weighted by molar-refractivity contribution is -0.136. The summed E-state index contributed by atoms with van der Waals surface area (Å²) in [7, 11) is 0. The summed E-state index contributed by atoms with van der Waals surface area (Å²) in [5.41, 5.74) is 0. The molecule has 0 aromatic carbocycles. The van der Waals surface area contributed by atoms with Gasteiger partial charge < -0.3 is 14.7 Å². The number of aliphatic hydroxyl groups is 1. The number of fused-ring (bicyclic) bond motifs is 1. The number of amides is 1. The smallest absolute Gasteiger partial charge is 0.226 e. The van der Waals surface area contributed by atoms with Crippen molar-refractivity contribution in [2.24, 2.45) is 17.8 Å². The van der Waals surface area contributed by atoms with E-state index in [4.69, 9.17) is 9.84 Å². The van der Waals surface area contributed by atoms with Gasteiger partial charge >= 0.3 is 0 Å². The fraction of sp³-hybridized carbons (Fsp3) is 0.933. The molecule has 3 aliphatic rings. The lowest BCUT2D eigenvalue weighted by Crippen LogP contribution is -2.42. The molecule has 2 atom stereocenters. The average Bonchev–Trinajstić information content (AvgIpc) is 3.19. The number of hydrogen-bond donors (Lipinski definition) is 1. The highest BCUT2D eigenvalue weighted by Gasteiger charge is 2.55. The molecule has 0 aromatic heterocycles. The molecule has 4 nitrogen and oxygen atoms in total. The Balaban J connectivity index is 1.45. The van der Waals surface area contributed by atoms with Crippen molar-refractivity contribution < 1.29 is 14.6 Å². The molecule has 2 saturated carbocycles. The van der Waals surface area contributed by atoms with Crippen LogP contribution in [0.5, 0.6) is 0 Å². The van der Waals surface area contributed by atoms with E-state index < -0.39 is 0 Å². The number of carbonyl (C=O) groups is 1. The molecule has 2 aliphatic carbocycles. The Morgan fingerprint density at radius 1 is 1.11 bits per heavy atom. The third kappa shape index (κ3) is 2.79. The summed E-state index contributed by atoms with van der Waals surface area (Å²) in [5.74, 6) is 2.20. The predicted molar refractivity (Wildman–Crippen MR) is 71.6 cm³/mol. The van der Waals surface area contributed by atoms with E-state index in [9.17, 15) is 4.79 Å². The highest BCUT2D eigenvalue weighted by Crippen LogP contribution is 2.56. The minimum Gasteiger partial charge on any atom is -0.394 e. The van der Waals surface area contributed by atoms with Gasteiger partial charge in [0.25, 0.3) is 0 Å². The summed E-state index contributed by atoms with van der Waals surface area (Å²) in [6.07, 6.45) is 7.28. The minimum absolute atomic E-state index is 0.0879. The molecule has 1 amide bonds. The largest absolute Gasteiger partial charge is 0.394 e. The molecule has 0 spiro atoms. The summed E-state index contributed by atoms with van der Waals surface area (Å²) >= 11 is 0. The first kappa shape index (κ1) is 13.4. The first-order chi connectivity index (χ1) is 9.31. The highest BCUT2D eigenvalue weighted by atomic mass is 16.5. The summed E-state index contributed by atoms with van der Waals surface area (Å²) in [5, 5.41) is 8.75. The van der Waals surface area contributed by atoms with E-state index in [0.717, 1.165) is 25.9 Å². The Hall–Kier alpha value is -0.610. The second kappa shape index (κ2) is 5.80. The van der Waals surface area contributed by atoms with E-state index in [1.165, 1.54) is 25.7 Å². The van der Waals surface area contributed by atoms with Gasteiger partial charge in [-0.05, 0) is 37.5 Å². The minimum atomic E-state index is 0.0879. The topological polar surface area (TPSA) is 49.8 Å². The van der Waals surface area contributed by atoms with Crippen molar-refractivity contribution in [1.29, 1.82) is 0 Å². The third-order valence-corrected chi connectivity index (χ3v) is 5.14. The van der Waals surface area contributed by atoms with Gasteiger partial charge in [-0.2, -0.15) is 0 Å². The fourth-order valence-corrected chi connectivity index (χ4v) is 4.03. The maximum absolute atomic E-state index is 12.5. The molecule has 1 heterocycles. The van der Waals surface area contributed by atoms with E-state index in [1.807, 2.05) is 0 Å². The van der Waals surface area contributed by atoms with Gasteiger partial charge in [0.05, 0.1) is 19.3 Å². The molecule has 0 bridgehead atoms. The second-order valence-electron chi connectivity index (χ2n) is 6.26. The molecule has 19 heavy (non-hydrogen) atoms. The van der Waals surface area contributed by atoms with Gasteiger partial charge in [0, 0.05) is 19.0 Å². The quantitative estimate of drug-likeness (QED) is 0.838. The number of likely N-dealkylation sites (tertiary alicyclic amines) is 1. The van der Waals surface area contributed by atoms with Gasteiger partial charge in [0.1, 0.15) is 0 Å². The molecule has 0 aromatic rings. The van der Waals surface area contributed by atoms with Crippen LogP contribution in [0.15, 0.2) is 0 Å². The average molecular weight is 267 g/mol. The third-order valence-electron chi connectivity index (χ3n) is 5.14. The molecule has 3 fully saturated rings. The maximum atomic E-state index is 12.5. The van der Waals surface area contributed by atoms with Gasteiger partial charge in [-0.25, -0.2) is 0 Å². The fourth-order valence-electron chi connectivity index (χ4n) is 4.03. The molecular formula is C15H25NO3. The van der Waals surface area contributed by atoms with Crippen molar-refractivity contribution in [2.45, 2.75) is 44.6 Å². The number of rotatable bonds is 4. The summed E-state index contributed by atoms with van der Waals surface area (Å²) in [4.78, 5) is 14.5. The molecular weight excluding hydrogens is 242 g/mol. The van der Waals surface area contributed by atoms with Crippen LogP contribution < -0.4 is 0 Å². The van der Waals surface area contributed by atoms with Crippen molar-refractivity contribution in [1.82, 2.24) is 4.90 Å². The highest BCUT2D eigenvalue weighted by molar-refractivity contribution is 5.82. The van der Waals surface area contributed by atoms with Gasteiger partial charge in [-0.1, -0.05) is 12.8 Å². The van der Waals surface area contributed by atoms with Crippen LogP contribution in [0.4, 0.5) is 0 Å². The van der Waals surface area contributed by atoms with Crippen LogP contribution in [0.1, 0.15) is 38.5 Å². The molecule has 3 rings (SSSR count). The monoisotopic (exact) mass is 267 g/mol. The first-order valence-electron chi connectivity index (χ1n) is 7.82. The number of aliphatic hydroxyl groups excluding tert-OH is 1. The zero-order valence-electron chi connectivity index (χ0n) is 11.6. The summed E-state index contributed by atoms with van der Waals surface area (Å²) in [6, 6.07) is 0. The molecule has 2 unspecified atom stereocenters. The van der Waals surface area contributed by atoms with Crippen LogP contribution in [0.3, 0.4) is 0 Å². The zero-order chi connectivity index (χ0) is 13.2. The van der Waals surface area contributed by atoms with Crippen LogP contribution in [-0.2, 0) is 9.53 Å². The van der Waals surface area contributed by atoms with Crippen molar-refractivity contribution in [3.05, 3.63) is 0 Å². The number of piperidine rings is 1. The van der Waals surface area contributed by atoms with Crippen LogP contribution in [-0.4, -0.2) is 48.3 Å². The normalized spacial score (nSPS) is 35.0. The first-order valence-corrected chi connectivity index (χ1v) is 7.82. The van der Waals surface area contributed by atoms with Crippen LogP contribution in [0.25, 0.3) is 0 Å². The van der Waals surface area contributed by atoms with Gasteiger partial charge in [-0.15, -0.1) is 0 Å². The van der Waals surface area contributed by atoms with Crippen molar-refractivity contribution in [3.63, 3.8) is 0 Å². The van der Waals surface area contributed by atoms with E-state index in [-0.39, 0.29) is 12.7 Å². The predicted octanol–water partition coefficient (Wildman–Crippen LogP) is 1.42. The Bertz CT molecular complexity index is 313. The standard InChI is InChI=1S/C15H25NO3/c17-9-10-19-11-5-7-16(8-6-11)15(18)14-12-3-1-2-4-13(12)14/h11-14,17H,1-10H2. The Kier molecular flexibility index (Phi) is 4.08. The number of carbonyl (C=O) groups excluding carboxylic acids is 1. The molecule has 108 valence electrons. The van der Waals surface area contributed by atoms with Gasteiger partial charge in [0.15, 0.2) is 0 Å². The van der Waals surface area contributed by atoms with Crippen molar-refractivity contribution in [3.8, 4) is 0 Å². The summed E-state index contributed by atoms with van der Waals surface area (Å²) < 4.78 is 5.54. The number of ether oxygens (including phenoxy) is 1. The lowest BCUT2D eigenvalue weighted by atomic mass is 10.0. The van der Waals surface area contributed by atoms with Gasteiger partial charge in [0.2, 0.25) is 5.91 Å². The second-order valence-corrected chi connectivity index (χ2v) is 6.26. The maximum Gasteiger partial charge on any atom is 0.226 e. The number of nitrogens with zero attached hydrogens (tertiary/aromatic N) is 1. The lowest BCUT2D eigenvalue weighted by Gasteiger charge is -2.32. The Labute approximate surface area is 115 Å². The van der Waals surface area contributed by atoms with Crippen molar-refractivity contribution >= 4 is 5.91 Å². The van der Waals surface area contributed by atoms with Crippen LogP contribution in [0, 0.1) is 17.8 Å². The SMILES string of the molecule is O=C(C1C2CCCCC21)N1CCC(OCCO)CC1. The van der Waals surface area contributed by atoms with E-state index >= 15 is 0 Å². The van der Waals surface area contributed by atoms with E-state index in [0.29, 0.717) is 30.3 Å². The molecule has 1 N–H and O–H groups in total. The number of hydrogen-bond acceptors (Lipinski definition) is 3. The van der Waals surface area contributed by atoms with E-state index in [2.05, 4.69) is 4.90 Å². The molecule has 1 saturated heterocycles. The van der Waals surface area contributed by atoms with Crippen LogP contribution >= 0.6 is 0 Å². The van der Waals surface area contributed by atoms with E-state index in [1.54, 1.807) is 0 Å². The molecule has 4 heteroatoms. The van der Waals surface area contributed by atoms with Gasteiger partial charge in [-0.3, -0.25) is 4.79 Å². The summed E-state index contributed by atoms with van der Waals surface area (Å²) in [6.45, 7) is 2.19. The van der Waals surface area contributed by atoms with Crippen molar-refractivity contribution in [2.75, 3.05) is 26.3 Å². The van der Waals surface area contributed by atoms with Crippen LogP contribution in [0.2, 0.25) is 0 Å². The zero-order valence-corrected chi connectivity index (χ0v) is 11.6. The molecule has 0 radical (unpaired) electrons. The molecule has 1 aliphatic heterocycles. The Morgan fingerprint density at radius 2 is 1.74 bits per heavy atom.